The third kappa shape index (κ3) is 2.91. The minimum Gasteiger partial charge on any atom is -0.461 e. The van der Waals surface area contributed by atoms with E-state index in [1.165, 1.54) is 0 Å². The number of aliphatic hydroxyl groups is 2. The zero-order valence-electron chi connectivity index (χ0n) is 17.9. The highest BCUT2D eigenvalue weighted by Gasteiger charge is 2.68. The molecule has 3 saturated carbocycles. The summed E-state index contributed by atoms with van der Waals surface area (Å²) in [5.74, 6) is 0.0955. The number of hydrogen-bond donors (Lipinski definition) is 3. The molecular formula is C23H38O4S. The molecule has 3 aliphatic carbocycles. The molecule has 9 atom stereocenters. The van der Waals surface area contributed by atoms with Crippen LogP contribution in [-0.4, -0.2) is 40.2 Å². The van der Waals surface area contributed by atoms with Crippen molar-refractivity contribution in [2.75, 3.05) is 5.75 Å². The van der Waals surface area contributed by atoms with Crippen LogP contribution in [-0.2, 0) is 9.53 Å². The van der Waals surface area contributed by atoms with Gasteiger partial charge in [0.1, 0.15) is 6.10 Å². The van der Waals surface area contributed by atoms with E-state index >= 15 is 0 Å². The summed E-state index contributed by atoms with van der Waals surface area (Å²) < 4.78 is 6.05. The van der Waals surface area contributed by atoms with Gasteiger partial charge < -0.3 is 14.9 Å². The van der Waals surface area contributed by atoms with E-state index in [2.05, 4.69) is 46.9 Å². The lowest BCUT2D eigenvalue weighted by Gasteiger charge is -2.63. The molecule has 2 bridgehead atoms. The van der Waals surface area contributed by atoms with E-state index in [1.807, 2.05) is 6.08 Å². The van der Waals surface area contributed by atoms with Crippen molar-refractivity contribution in [3.05, 3.63) is 12.7 Å². The summed E-state index contributed by atoms with van der Waals surface area (Å²) in [4.78, 5) is 12.3. The van der Waals surface area contributed by atoms with E-state index in [0.29, 0.717) is 12.3 Å². The molecule has 0 aromatic heterocycles. The molecule has 3 rings (SSSR count). The highest BCUT2D eigenvalue weighted by molar-refractivity contribution is 7.81. The molecule has 0 aliphatic heterocycles. The fourth-order valence-corrected chi connectivity index (χ4v) is 7.43. The predicted molar refractivity (Wildman–Crippen MR) is 114 cm³/mol. The summed E-state index contributed by atoms with van der Waals surface area (Å²) in [5, 5.41) is 22.7. The van der Waals surface area contributed by atoms with Crippen LogP contribution in [0, 0.1) is 34.0 Å². The third-order valence-electron chi connectivity index (χ3n) is 9.38. The maximum atomic E-state index is 12.3. The van der Waals surface area contributed by atoms with Crippen molar-refractivity contribution < 1.29 is 19.7 Å². The highest BCUT2D eigenvalue weighted by Crippen LogP contribution is 2.69. The van der Waals surface area contributed by atoms with Gasteiger partial charge in [0.25, 0.3) is 0 Å². The van der Waals surface area contributed by atoms with Crippen LogP contribution < -0.4 is 0 Å². The maximum Gasteiger partial charge on any atom is 0.315 e. The van der Waals surface area contributed by atoms with Crippen LogP contribution in [0.3, 0.4) is 0 Å². The second-order valence-electron chi connectivity index (χ2n) is 9.99. The predicted octanol–water partition coefficient (Wildman–Crippen LogP) is 4.00. The van der Waals surface area contributed by atoms with Gasteiger partial charge in [-0.2, -0.15) is 12.6 Å². The molecule has 2 N–H and O–H groups in total. The van der Waals surface area contributed by atoms with Gasteiger partial charge in [-0.3, -0.25) is 4.79 Å². The summed E-state index contributed by atoms with van der Waals surface area (Å²) in [7, 11) is 0. The van der Waals surface area contributed by atoms with Crippen LogP contribution >= 0.6 is 12.6 Å². The molecule has 0 radical (unpaired) electrons. The van der Waals surface area contributed by atoms with Gasteiger partial charge in [-0.1, -0.05) is 33.8 Å². The van der Waals surface area contributed by atoms with Gasteiger partial charge >= 0.3 is 5.97 Å². The molecule has 28 heavy (non-hydrogen) atoms. The number of hydrogen-bond acceptors (Lipinski definition) is 5. The molecule has 0 saturated heterocycles. The number of ether oxygens (including phenoxy) is 1. The van der Waals surface area contributed by atoms with E-state index < -0.39 is 17.6 Å². The molecular weight excluding hydrogens is 372 g/mol. The van der Waals surface area contributed by atoms with Crippen molar-refractivity contribution >= 4 is 18.6 Å². The Balaban J connectivity index is 2.21. The number of carbonyl (C=O) groups is 1. The standard InChI is InChI=1S/C23H38O4S/c1-6-22(7-2)12-17(27-18(25)13-28)21(5)14(3)8-10-23(15(4)20(22)26)11-9-16(24)19(21)23/h6,14-17,19-20,24,26,28H,1,7-13H2,2-5H3. The SMILES string of the molecule is C=CC1(CC)CC(OC(=O)CS)C2(C)C(C)CCC3(CCC(O)C32)C(C)C1O. The van der Waals surface area contributed by atoms with Gasteiger partial charge in [-0.05, 0) is 61.7 Å². The minimum atomic E-state index is -0.571. The number of rotatable bonds is 4. The van der Waals surface area contributed by atoms with Crippen molar-refractivity contribution in [1.82, 2.24) is 0 Å². The third-order valence-corrected chi connectivity index (χ3v) is 9.64. The summed E-state index contributed by atoms with van der Waals surface area (Å²) in [6, 6.07) is 0. The molecule has 0 amide bonds. The van der Waals surface area contributed by atoms with E-state index in [4.69, 9.17) is 4.74 Å². The van der Waals surface area contributed by atoms with Crippen LogP contribution in [0.2, 0.25) is 0 Å². The molecule has 3 fully saturated rings. The molecule has 4 nitrogen and oxygen atoms in total. The molecule has 0 aromatic rings. The van der Waals surface area contributed by atoms with Crippen LogP contribution in [0.5, 0.6) is 0 Å². The zero-order chi connectivity index (χ0) is 20.9. The number of carbonyl (C=O) groups excluding carboxylic acids is 1. The molecule has 5 heteroatoms. The van der Waals surface area contributed by atoms with Gasteiger partial charge in [0.15, 0.2) is 0 Å². The Bertz CT molecular complexity index is 624. The van der Waals surface area contributed by atoms with Crippen LogP contribution in [0.25, 0.3) is 0 Å². The molecule has 3 aliphatic rings. The van der Waals surface area contributed by atoms with E-state index in [-0.39, 0.29) is 40.5 Å². The topological polar surface area (TPSA) is 66.8 Å². The monoisotopic (exact) mass is 410 g/mol. The van der Waals surface area contributed by atoms with Crippen molar-refractivity contribution in [3.63, 3.8) is 0 Å². The Morgan fingerprint density at radius 3 is 2.50 bits per heavy atom. The lowest BCUT2D eigenvalue weighted by Crippen LogP contribution is -2.63. The van der Waals surface area contributed by atoms with Crippen LogP contribution in [0.15, 0.2) is 12.7 Å². The van der Waals surface area contributed by atoms with Crippen molar-refractivity contribution in [1.29, 1.82) is 0 Å². The molecule has 0 heterocycles. The lowest BCUT2D eigenvalue weighted by molar-refractivity contribution is -0.219. The van der Waals surface area contributed by atoms with Gasteiger partial charge in [-0.15, -0.1) is 6.58 Å². The van der Waals surface area contributed by atoms with Crippen molar-refractivity contribution in [2.24, 2.45) is 34.0 Å². The maximum absolute atomic E-state index is 12.3. The van der Waals surface area contributed by atoms with Crippen LogP contribution in [0.4, 0.5) is 0 Å². The average molecular weight is 411 g/mol. The van der Waals surface area contributed by atoms with Crippen molar-refractivity contribution in [3.8, 4) is 0 Å². The normalized spacial score (nSPS) is 51.0. The smallest absolute Gasteiger partial charge is 0.315 e. The summed E-state index contributed by atoms with van der Waals surface area (Å²) >= 11 is 4.12. The second-order valence-corrected chi connectivity index (χ2v) is 10.3. The van der Waals surface area contributed by atoms with Crippen LogP contribution in [0.1, 0.15) is 66.2 Å². The number of esters is 1. The number of aliphatic hydroxyl groups excluding tert-OH is 2. The van der Waals surface area contributed by atoms with Gasteiger partial charge in [0, 0.05) is 10.8 Å². The first-order valence-corrected chi connectivity index (χ1v) is 11.6. The second kappa shape index (κ2) is 7.63. The van der Waals surface area contributed by atoms with Gasteiger partial charge in [0.2, 0.25) is 0 Å². The average Bonchev–Trinajstić information content (AvgIpc) is 3.04. The summed E-state index contributed by atoms with van der Waals surface area (Å²) in [6.07, 6.45) is 5.51. The first-order valence-electron chi connectivity index (χ1n) is 10.9. The number of thiol groups is 1. The van der Waals surface area contributed by atoms with Gasteiger partial charge in [-0.25, -0.2) is 0 Å². The Labute approximate surface area is 175 Å². The molecule has 0 aromatic carbocycles. The zero-order valence-corrected chi connectivity index (χ0v) is 18.8. The Hall–Kier alpha value is -0.520. The van der Waals surface area contributed by atoms with E-state index in [0.717, 1.165) is 32.1 Å². The first kappa shape index (κ1) is 22.2. The fourth-order valence-electron chi connectivity index (χ4n) is 7.36. The summed E-state index contributed by atoms with van der Waals surface area (Å²) in [5.41, 5.74) is -0.981. The summed E-state index contributed by atoms with van der Waals surface area (Å²) in [6.45, 7) is 12.8. The highest BCUT2D eigenvalue weighted by atomic mass is 32.1. The van der Waals surface area contributed by atoms with Crippen molar-refractivity contribution in [2.45, 2.75) is 84.5 Å². The minimum absolute atomic E-state index is 0.0192. The largest absolute Gasteiger partial charge is 0.461 e. The lowest BCUT2D eigenvalue weighted by atomic mass is 9.43. The Morgan fingerprint density at radius 2 is 1.93 bits per heavy atom. The van der Waals surface area contributed by atoms with Gasteiger partial charge in [0.05, 0.1) is 18.0 Å². The van der Waals surface area contributed by atoms with E-state index in [9.17, 15) is 15.0 Å². The Kier molecular flexibility index (Phi) is 6.04. The quantitative estimate of drug-likeness (QED) is 0.372. The fraction of sp³-hybridized carbons (Fsp3) is 0.870. The molecule has 160 valence electrons. The molecule has 0 spiro atoms. The first-order chi connectivity index (χ1) is 13.1. The van der Waals surface area contributed by atoms with E-state index in [1.54, 1.807) is 0 Å². The molecule has 9 unspecified atom stereocenters. The Morgan fingerprint density at radius 1 is 1.29 bits per heavy atom.